The van der Waals surface area contributed by atoms with Gasteiger partial charge in [-0.2, -0.15) is 5.26 Å². The summed E-state index contributed by atoms with van der Waals surface area (Å²) in [5.74, 6) is 0.557. The SMILES string of the molecule is CCCCCCCCOc1ccc(N(c2ccc(OCCCCCCCC)cc2)c2ccc(-c3cc(CCCCCC)c(-c4ccc(-c5sc(/C=C(/C#N)C(=O)O)cc5CCCCCC)c5nccnc45)s3)cc2)cc1. The van der Waals surface area contributed by atoms with Crippen molar-refractivity contribution < 1.29 is 19.4 Å². The highest BCUT2D eigenvalue weighted by Gasteiger charge is 2.22. The van der Waals surface area contributed by atoms with E-state index in [1.807, 2.05) is 17.4 Å². The lowest BCUT2D eigenvalue weighted by Crippen LogP contribution is -2.10. The van der Waals surface area contributed by atoms with Gasteiger partial charge in [0.15, 0.2) is 0 Å². The Morgan fingerprint density at radius 3 is 1.43 bits per heavy atom. The van der Waals surface area contributed by atoms with Crippen LogP contribution < -0.4 is 14.4 Å². The molecule has 8 nitrogen and oxygen atoms in total. The third-order valence-corrected chi connectivity index (χ3v) is 16.5. The molecular weight excluding hydrogens is 977 g/mol. The van der Waals surface area contributed by atoms with E-state index < -0.39 is 5.97 Å². The summed E-state index contributed by atoms with van der Waals surface area (Å²) in [4.78, 5) is 28.4. The molecule has 7 rings (SSSR count). The first-order valence-electron chi connectivity index (χ1n) is 28.6. The van der Waals surface area contributed by atoms with Gasteiger partial charge in [-0.1, -0.05) is 155 Å². The van der Waals surface area contributed by atoms with E-state index in [1.54, 1.807) is 12.4 Å². The molecule has 3 aromatic heterocycles. The molecule has 1 N–H and O–H groups in total. The van der Waals surface area contributed by atoms with Crippen molar-refractivity contribution in [2.24, 2.45) is 0 Å². The van der Waals surface area contributed by atoms with Crippen molar-refractivity contribution >= 4 is 62.8 Å². The zero-order valence-corrected chi connectivity index (χ0v) is 47.4. The minimum absolute atomic E-state index is 0.277. The molecule has 0 saturated heterocycles. The number of fused-ring (bicyclic) bond motifs is 1. The van der Waals surface area contributed by atoms with E-state index >= 15 is 0 Å². The number of hydrogen-bond donors (Lipinski definition) is 1. The maximum atomic E-state index is 11.9. The van der Waals surface area contributed by atoms with E-state index in [9.17, 15) is 15.2 Å². The highest BCUT2D eigenvalue weighted by Crippen LogP contribution is 2.46. The highest BCUT2D eigenvalue weighted by molar-refractivity contribution is 7.19. The number of nitrogens with zero attached hydrogens (tertiary/aromatic N) is 4. The van der Waals surface area contributed by atoms with Crippen LogP contribution in [0.2, 0.25) is 0 Å². The number of rotatable bonds is 34. The van der Waals surface area contributed by atoms with Gasteiger partial charge in [-0.15, -0.1) is 22.7 Å². The Kier molecular flexibility index (Phi) is 23.5. The Labute approximate surface area is 461 Å². The fraction of sp³-hybridized carbons (Fsp3) is 0.424. The van der Waals surface area contributed by atoms with Gasteiger partial charge in [-0.25, -0.2) is 4.79 Å². The molecule has 3 heterocycles. The molecule has 76 heavy (non-hydrogen) atoms. The van der Waals surface area contributed by atoms with Crippen LogP contribution in [0.3, 0.4) is 0 Å². The lowest BCUT2D eigenvalue weighted by atomic mass is 9.98. The smallest absolute Gasteiger partial charge is 0.346 e. The average Bonchev–Trinajstić information content (AvgIpc) is 4.07. The number of benzene rings is 4. The number of aromatic nitrogens is 2. The second kappa shape index (κ2) is 31.1. The first-order valence-corrected chi connectivity index (χ1v) is 30.2. The van der Waals surface area contributed by atoms with Gasteiger partial charge in [0.1, 0.15) is 23.1 Å². The maximum Gasteiger partial charge on any atom is 0.346 e. The van der Waals surface area contributed by atoms with Gasteiger partial charge < -0.3 is 19.5 Å². The minimum atomic E-state index is -1.22. The Hall–Kier alpha value is -6.28. The summed E-state index contributed by atoms with van der Waals surface area (Å²) in [6.45, 7) is 10.4. The zero-order valence-electron chi connectivity index (χ0n) is 45.7. The van der Waals surface area contributed by atoms with Gasteiger partial charge in [0.2, 0.25) is 0 Å². The van der Waals surface area contributed by atoms with Gasteiger partial charge in [-0.3, -0.25) is 9.97 Å². The average molecular weight is 1060 g/mol. The second-order valence-corrected chi connectivity index (χ2v) is 22.2. The molecule has 0 aliphatic carbocycles. The molecule has 0 unspecified atom stereocenters. The minimum Gasteiger partial charge on any atom is -0.494 e. The largest absolute Gasteiger partial charge is 0.494 e. The molecule has 0 saturated carbocycles. The first-order chi connectivity index (χ1) is 37.3. The highest BCUT2D eigenvalue weighted by atomic mass is 32.1. The van der Waals surface area contributed by atoms with Crippen LogP contribution in [-0.4, -0.2) is 34.3 Å². The Morgan fingerprint density at radius 1 is 0.553 bits per heavy atom. The number of unbranched alkanes of at least 4 members (excludes halogenated alkanes) is 16. The number of carboxylic acids is 1. The summed E-state index contributed by atoms with van der Waals surface area (Å²) < 4.78 is 12.4. The molecule has 0 aliphatic heterocycles. The number of aliphatic carboxylic acids is 1. The molecule has 7 aromatic rings. The van der Waals surface area contributed by atoms with Gasteiger partial charge in [0.25, 0.3) is 0 Å². The van der Waals surface area contributed by atoms with Crippen LogP contribution in [0.25, 0.3) is 48.4 Å². The van der Waals surface area contributed by atoms with Gasteiger partial charge in [0, 0.05) is 60.1 Å². The van der Waals surface area contributed by atoms with E-state index in [0.29, 0.717) is 0 Å². The quantitative estimate of drug-likeness (QED) is 0.0241. The van der Waals surface area contributed by atoms with Crippen molar-refractivity contribution in [1.82, 2.24) is 9.97 Å². The Bertz CT molecular complexity index is 2870. The number of ether oxygens (including phenoxy) is 2. The summed E-state index contributed by atoms with van der Waals surface area (Å²) in [7, 11) is 0. The van der Waals surface area contributed by atoms with Gasteiger partial charge in [-0.05, 0) is 134 Å². The summed E-state index contributed by atoms with van der Waals surface area (Å²) in [5.41, 5.74) is 10.2. The van der Waals surface area contributed by atoms with Crippen LogP contribution in [0.4, 0.5) is 17.1 Å². The number of hydrogen-bond acceptors (Lipinski definition) is 9. The van der Waals surface area contributed by atoms with Crippen molar-refractivity contribution in [3.05, 3.63) is 131 Å². The van der Waals surface area contributed by atoms with E-state index in [1.165, 1.54) is 116 Å². The summed E-state index contributed by atoms with van der Waals surface area (Å²) in [5, 5.41) is 19.3. The van der Waals surface area contributed by atoms with E-state index in [2.05, 4.69) is 130 Å². The molecule has 0 aliphatic rings. The number of nitriles is 1. The number of aryl methyl sites for hydroxylation is 2. The predicted molar refractivity (Wildman–Crippen MR) is 321 cm³/mol. The third kappa shape index (κ3) is 16.4. The molecule has 10 heteroatoms. The number of carboxylic acid groups (broad SMARTS) is 1. The molecule has 0 fully saturated rings. The topological polar surface area (TPSA) is 109 Å². The first kappa shape index (κ1) is 57.4. The summed E-state index contributed by atoms with van der Waals surface area (Å²) in [6.07, 6.45) is 30.8. The van der Waals surface area contributed by atoms with E-state index in [4.69, 9.17) is 19.4 Å². The second-order valence-electron chi connectivity index (χ2n) is 20.1. The van der Waals surface area contributed by atoms with Crippen LogP contribution in [0.15, 0.2) is 115 Å². The standard InChI is InChI=1S/C66H80N4O4S2/c1-5-9-13-17-19-23-43-73-56-35-31-54(32-36-56)70(55-33-37-57(38-34-55)74-44-24-20-18-14-10-6-2)53-29-27-49(28-30-53)61-47-51(26-22-16-12-8-4)65(76-61)60-40-39-59(62-63(60)69-42-41-68-62)64-50(25-21-15-11-7-3)45-58(75-64)46-52(48-67)66(71)72/h27-42,45-47H,5-26,43-44H2,1-4H3,(H,71,72)/b52-46-. The fourth-order valence-corrected chi connectivity index (χ4v) is 12.3. The maximum absolute atomic E-state index is 11.9. The van der Waals surface area contributed by atoms with Crippen LogP contribution in [0.5, 0.6) is 11.5 Å². The molecule has 0 amide bonds. The van der Waals surface area contributed by atoms with Crippen LogP contribution in [0, 0.1) is 11.3 Å². The van der Waals surface area contributed by atoms with Crippen molar-refractivity contribution in [2.45, 2.75) is 169 Å². The lowest BCUT2D eigenvalue weighted by molar-refractivity contribution is -0.132. The molecule has 0 radical (unpaired) electrons. The summed E-state index contributed by atoms with van der Waals surface area (Å²) in [6, 6.07) is 36.7. The molecule has 0 spiro atoms. The fourth-order valence-electron chi connectivity index (χ4n) is 9.86. The van der Waals surface area contributed by atoms with Crippen LogP contribution in [0.1, 0.15) is 172 Å². The summed E-state index contributed by atoms with van der Waals surface area (Å²) >= 11 is 3.33. The zero-order chi connectivity index (χ0) is 53.3. The number of carbonyl (C=O) groups is 1. The Morgan fingerprint density at radius 2 is 0.974 bits per heavy atom. The van der Waals surface area contributed by atoms with Gasteiger partial charge >= 0.3 is 5.97 Å². The van der Waals surface area contributed by atoms with E-state index in [0.717, 1.165) is 143 Å². The molecule has 400 valence electrons. The van der Waals surface area contributed by atoms with Crippen molar-refractivity contribution in [3.63, 3.8) is 0 Å². The lowest BCUT2D eigenvalue weighted by Gasteiger charge is -2.26. The van der Waals surface area contributed by atoms with Crippen molar-refractivity contribution in [1.29, 1.82) is 5.26 Å². The normalized spacial score (nSPS) is 11.5. The number of thiophene rings is 2. The predicted octanol–water partition coefficient (Wildman–Crippen LogP) is 19.9. The molecule has 4 aromatic carbocycles. The van der Waals surface area contributed by atoms with Crippen LogP contribution in [-0.2, 0) is 17.6 Å². The monoisotopic (exact) mass is 1060 g/mol. The third-order valence-electron chi connectivity index (χ3n) is 14.1. The van der Waals surface area contributed by atoms with Crippen molar-refractivity contribution in [2.75, 3.05) is 18.1 Å². The van der Waals surface area contributed by atoms with Gasteiger partial charge in [0.05, 0.1) is 24.2 Å². The van der Waals surface area contributed by atoms with Crippen molar-refractivity contribution in [3.8, 4) is 48.9 Å². The number of anilines is 3. The molecular formula is C66H80N4O4S2. The van der Waals surface area contributed by atoms with Crippen LogP contribution >= 0.6 is 22.7 Å². The Balaban J connectivity index is 1.20. The van der Waals surface area contributed by atoms with E-state index in [-0.39, 0.29) is 5.57 Å². The molecule has 0 atom stereocenters. The molecule has 0 bridgehead atoms.